The highest BCUT2D eigenvalue weighted by atomic mass is 19.4. The minimum absolute atomic E-state index is 0.0781. The molecule has 5 heterocycles. The summed E-state index contributed by atoms with van der Waals surface area (Å²) in [5.74, 6) is -1.31. The first-order valence-corrected chi connectivity index (χ1v) is 22.5. The average Bonchev–Trinajstić information content (AvgIpc) is 4.03. The van der Waals surface area contributed by atoms with Gasteiger partial charge in [0.25, 0.3) is 0 Å². The van der Waals surface area contributed by atoms with Crippen molar-refractivity contribution in [3.63, 3.8) is 0 Å². The summed E-state index contributed by atoms with van der Waals surface area (Å²) in [6.45, 7) is 38.6. The summed E-state index contributed by atoms with van der Waals surface area (Å²) in [6.07, 6.45) is 7.96. The maximum atomic E-state index is 11.5. The van der Waals surface area contributed by atoms with Crippen LogP contribution in [0.5, 0.6) is 0 Å². The lowest BCUT2D eigenvalue weighted by Crippen LogP contribution is -2.19. The number of alkyl halides is 3. The van der Waals surface area contributed by atoms with E-state index in [1.807, 2.05) is 13.8 Å². The van der Waals surface area contributed by atoms with Gasteiger partial charge < -0.3 is 61.6 Å². The minimum Gasteiger partial charge on any atom is -0.505 e. The van der Waals surface area contributed by atoms with E-state index in [-0.39, 0.29) is 23.0 Å². The molecule has 71 heavy (non-hydrogen) atoms. The molecule has 0 radical (unpaired) electrons. The van der Waals surface area contributed by atoms with E-state index < -0.39 is 23.7 Å². The molecule has 6 fully saturated rings. The summed E-state index contributed by atoms with van der Waals surface area (Å²) in [4.78, 5) is 40.2. The molecule has 1 saturated carbocycles. The van der Waals surface area contributed by atoms with Gasteiger partial charge >= 0.3 is 24.1 Å². The zero-order valence-electron chi connectivity index (χ0n) is 45.4. The molecule has 6 aliphatic rings. The van der Waals surface area contributed by atoms with E-state index in [0.29, 0.717) is 49.1 Å². The van der Waals surface area contributed by atoms with Crippen LogP contribution >= 0.6 is 0 Å². The Labute approximate surface area is 422 Å². The van der Waals surface area contributed by atoms with Gasteiger partial charge in [0.15, 0.2) is 5.78 Å². The van der Waals surface area contributed by atoms with Crippen LogP contribution in [0.25, 0.3) is 0 Å². The minimum atomic E-state index is -4.69. The Morgan fingerprint density at radius 3 is 1.37 bits per heavy atom. The molecule has 17 nitrogen and oxygen atoms in total. The van der Waals surface area contributed by atoms with Crippen molar-refractivity contribution < 1.29 is 93.9 Å². The summed E-state index contributed by atoms with van der Waals surface area (Å²) in [6, 6.07) is 0. The molecular weight excluding hydrogens is 942 g/mol. The second-order valence-corrected chi connectivity index (χ2v) is 16.1. The van der Waals surface area contributed by atoms with Gasteiger partial charge in [-0.15, -0.1) is 6.58 Å². The Kier molecular flexibility index (Phi) is 48.6. The zero-order chi connectivity index (χ0) is 56.2. The summed E-state index contributed by atoms with van der Waals surface area (Å²) in [5.41, 5.74) is -0.771. The summed E-state index contributed by atoms with van der Waals surface area (Å²) >= 11 is 0. The van der Waals surface area contributed by atoms with Gasteiger partial charge in [-0.05, 0) is 72.8 Å². The van der Waals surface area contributed by atoms with Crippen molar-refractivity contribution in [2.45, 2.75) is 122 Å². The molecule has 0 bridgehead atoms. The lowest BCUT2D eigenvalue weighted by Gasteiger charge is -2.16. The number of esters is 3. The van der Waals surface area contributed by atoms with Gasteiger partial charge in [0.2, 0.25) is 0 Å². The molecule has 0 aromatic heterocycles. The fraction of sp³-hybridized carbons (Fsp3) is 0.686. The van der Waals surface area contributed by atoms with E-state index in [1.54, 1.807) is 48.5 Å². The number of carbonyl (C=O) groups is 4. The van der Waals surface area contributed by atoms with Gasteiger partial charge in [-0.25, -0.2) is 14.4 Å². The second kappa shape index (κ2) is 45.6. The average molecular weight is 1030 g/mol. The number of hydrogen-bond acceptors (Lipinski definition) is 17. The van der Waals surface area contributed by atoms with E-state index >= 15 is 0 Å². The zero-order valence-corrected chi connectivity index (χ0v) is 45.4. The molecule has 5 aliphatic heterocycles. The Morgan fingerprint density at radius 2 is 1.23 bits per heavy atom. The number of epoxide rings is 5. The standard InChI is InChI=1S/C8H14O2.C5H5F3O2.C5H10O2.C5H8O2.C5H10O.C5H8O.C4H8O2.C4H6O2.C4H8O.2C3H6O/c1-9-5-6-2-3-7-8(4-6)10-7;1-3(4(9)10-2)5(6,7)8;1-5(3-6-2)4-7-5;1-4(2)5(6)7-3;1-4-5(2,3)6-4;1-3-5(6)4-2;1-5-2-4-3-6-4;1-3-4(5)6-2;1-3-4-5-2;1-3-2-4-3;1-3-4-2/h6-8H,2-5H2,1H3;1H2,2H3;3-4H2,1-2H3;1H2,2-3H3;4H,1-3H3;3H,1,4H2,2H3;4H,2-3H2,1H3;3H,1H2,2H3;3H,1,4H2,2H3;3H,2H2,1H3;3H,1H2,2H3. The molecular formula is C51H89F3O17. The van der Waals surface area contributed by atoms with Crippen LogP contribution in [0.2, 0.25) is 0 Å². The van der Waals surface area contributed by atoms with Crippen molar-refractivity contribution in [2.24, 2.45) is 5.92 Å². The van der Waals surface area contributed by atoms with E-state index in [4.69, 9.17) is 37.9 Å². The molecule has 20 heteroatoms. The van der Waals surface area contributed by atoms with Crippen LogP contribution in [0, 0.1) is 5.92 Å². The van der Waals surface area contributed by atoms with Crippen LogP contribution < -0.4 is 0 Å². The van der Waals surface area contributed by atoms with Crippen molar-refractivity contribution in [3.05, 3.63) is 75.1 Å². The van der Waals surface area contributed by atoms with Crippen LogP contribution in [0.15, 0.2) is 75.1 Å². The molecule has 0 N–H and O–H groups in total. The van der Waals surface area contributed by atoms with Gasteiger partial charge in [0, 0.05) is 53.1 Å². The fourth-order valence-electron chi connectivity index (χ4n) is 4.01. The smallest absolute Gasteiger partial charge is 0.422 e. The third-order valence-corrected chi connectivity index (χ3v) is 8.96. The highest BCUT2D eigenvalue weighted by Gasteiger charge is 2.44. The monoisotopic (exact) mass is 1030 g/mol. The van der Waals surface area contributed by atoms with Crippen molar-refractivity contribution in [1.29, 1.82) is 0 Å². The Morgan fingerprint density at radius 1 is 0.746 bits per heavy atom. The van der Waals surface area contributed by atoms with Gasteiger partial charge in [0.1, 0.15) is 17.3 Å². The van der Waals surface area contributed by atoms with Crippen molar-refractivity contribution in [3.8, 4) is 0 Å². The van der Waals surface area contributed by atoms with Crippen LogP contribution in [-0.4, -0.2) is 175 Å². The highest BCUT2D eigenvalue weighted by Crippen LogP contribution is 2.39. The molecule has 416 valence electrons. The maximum absolute atomic E-state index is 11.5. The molecule has 1 aliphatic carbocycles. The van der Waals surface area contributed by atoms with Gasteiger partial charge in [-0.2, -0.15) is 13.2 Å². The number of ether oxygens (including phenoxy) is 13. The van der Waals surface area contributed by atoms with Crippen LogP contribution in [-0.2, 0) is 80.8 Å². The van der Waals surface area contributed by atoms with Crippen molar-refractivity contribution >= 4 is 23.7 Å². The van der Waals surface area contributed by atoms with Crippen LogP contribution in [0.3, 0.4) is 0 Å². The number of methoxy groups -OCH3 is 8. The largest absolute Gasteiger partial charge is 0.505 e. The number of allylic oxidation sites excluding steroid dienone is 1. The predicted molar refractivity (Wildman–Crippen MR) is 267 cm³/mol. The quantitative estimate of drug-likeness (QED) is 0.0400. The number of hydrogen-bond donors (Lipinski definition) is 0. The molecule has 5 saturated heterocycles. The molecule has 0 aromatic rings. The van der Waals surface area contributed by atoms with Crippen molar-refractivity contribution in [2.75, 3.05) is 103 Å². The highest BCUT2D eigenvalue weighted by molar-refractivity contribution is 5.89. The molecule has 6 rings (SSSR count). The molecule has 0 amide bonds. The van der Waals surface area contributed by atoms with Crippen LogP contribution in [0.4, 0.5) is 13.2 Å². The SMILES string of the molecule is C=C(C(=O)OC)C(F)(F)F.C=C(C)C(=O)OC.C=CC(=O)CC.C=CC(=O)OC.C=CCOC.C=COC.CC1CO1.CC1OC1(C)C.COCC1(C)CO1.COCC1CCC2OC2C1.COCC1CO1. The number of rotatable bonds is 14. The first-order chi connectivity index (χ1) is 33.1. The maximum Gasteiger partial charge on any atom is 0.422 e. The van der Waals surface area contributed by atoms with Gasteiger partial charge in [0.05, 0.1) is 104 Å². The van der Waals surface area contributed by atoms with E-state index in [9.17, 15) is 32.3 Å². The summed E-state index contributed by atoms with van der Waals surface area (Å²) in [7, 11) is 11.9. The van der Waals surface area contributed by atoms with E-state index in [0.717, 1.165) is 58.7 Å². The predicted octanol–water partition coefficient (Wildman–Crippen LogP) is 8.35. The Balaban J connectivity index is -0.000000228. The molecule has 0 spiro atoms. The van der Waals surface area contributed by atoms with Gasteiger partial charge in [-0.3, -0.25) is 4.79 Å². The summed E-state index contributed by atoms with van der Waals surface area (Å²) in [5, 5.41) is 0. The third-order valence-electron chi connectivity index (χ3n) is 8.96. The van der Waals surface area contributed by atoms with E-state index in [2.05, 4.69) is 90.9 Å². The Bertz CT molecular complexity index is 1450. The van der Waals surface area contributed by atoms with Crippen molar-refractivity contribution in [1.82, 2.24) is 0 Å². The number of ketones is 1. The lowest BCUT2D eigenvalue weighted by molar-refractivity contribution is -0.148. The summed E-state index contributed by atoms with van der Waals surface area (Å²) < 4.78 is 95.3. The molecule has 7 atom stereocenters. The topological polar surface area (TPSA) is 205 Å². The molecule has 0 aromatic carbocycles. The van der Waals surface area contributed by atoms with E-state index in [1.165, 1.54) is 45.8 Å². The Hall–Kier alpha value is -4.25. The third kappa shape index (κ3) is 54.9. The number of carbonyl (C=O) groups excluding carboxylic acids is 4. The normalized spacial score (nSPS) is 22.6. The second-order valence-electron chi connectivity index (χ2n) is 16.1. The fourth-order valence-corrected chi connectivity index (χ4v) is 4.01. The van der Waals surface area contributed by atoms with Gasteiger partial charge in [-0.1, -0.05) is 45.9 Å². The van der Waals surface area contributed by atoms with Crippen LogP contribution in [0.1, 0.15) is 74.1 Å². The lowest BCUT2D eigenvalue weighted by atomic mass is 9.90. The first kappa shape index (κ1) is 75.7. The number of fused-ring (bicyclic) bond motifs is 1. The number of halogens is 3. The first-order valence-electron chi connectivity index (χ1n) is 22.5. The molecule has 7 unspecified atom stereocenters.